The van der Waals surface area contributed by atoms with Gasteiger partial charge in [0, 0.05) is 24.8 Å². The second-order valence-electron chi connectivity index (χ2n) is 5.58. The third kappa shape index (κ3) is 3.39. The average Bonchev–Trinajstić information content (AvgIpc) is 2.69. The predicted molar refractivity (Wildman–Crippen MR) is 89.2 cm³/mol. The molecule has 0 fully saturated rings. The molecule has 0 bridgehead atoms. The van der Waals surface area contributed by atoms with E-state index >= 15 is 0 Å². The Hall–Kier alpha value is -1.52. The Kier molecular flexibility index (Phi) is 4.91. The van der Waals surface area contributed by atoms with Crippen molar-refractivity contribution in [3.63, 3.8) is 0 Å². The molecule has 1 atom stereocenters. The number of nitrogens with zero attached hydrogens (tertiary/aromatic N) is 1. The number of rotatable bonds is 6. The summed E-state index contributed by atoms with van der Waals surface area (Å²) in [5.41, 5.74) is 3.71. The molecule has 4 nitrogen and oxygen atoms in total. The van der Waals surface area contributed by atoms with Crippen molar-refractivity contribution in [1.29, 1.82) is 0 Å². The highest BCUT2D eigenvalue weighted by Gasteiger charge is 2.31. The lowest BCUT2D eigenvalue weighted by Gasteiger charge is -2.22. The summed E-state index contributed by atoms with van der Waals surface area (Å²) in [6, 6.07) is 3.51. The van der Waals surface area contributed by atoms with Crippen LogP contribution < -0.4 is 15.5 Å². The molecular weight excluding hydrogens is 286 g/mol. The van der Waals surface area contributed by atoms with Gasteiger partial charge in [0.25, 0.3) is 0 Å². The maximum absolute atomic E-state index is 12.1. The van der Waals surface area contributed by atoms with Crippen LogP contribution in [0.25, 0.3) is 0 Å². The average molecular weight is 308 g/mol. The molecule has 2 rings (SSSR count). The highest BCUT2D eigenvalue weighted by molar-refractivity contribution is 6.33. The van der Waals surface area contributed by atoms with Crippen molar-refractivity contribution in [3.05, 3.63) is 34.9 Å². The Morgan fingerprint density at radius 3 is 2.86 bits per heavy atom. The van der Waals surface area contributed by atoms with Crippen molar-refractivity contribution in [3.8, 4) is 0 Å². The lowest BCUT2D eigenvalue weighted by atomic mass is 10.1. The minimum absolute atomic E-state index is 0.0192. The molecule has 1 unspecified atom stereocenters. The first kappa shape index (κ1) is 15.9. The van der Waals surface area contributed by atoms with E-state index in [-0.39, 0.29) is 11.9 Å². The van der Waals surface area contributed by atoms with Crippen LogP contribution >= 0.6 is 11.6 Å². The minimum atomic E-state index is -0.307. The number of likely N-dealkylation sites (N-methyl/N-ethyl adjacent to an activating group) is 1. The van der Waals surface area contributed by atoms with Crippen LogP contribution in [0.1, 0.15) is 31.9 Å². The van der Waals surface area contributed by atoms with Crippen LogP contribution in [0.15, 0.2) is 24.3 Å². The number of amides is 1. The van der Waals surface area contributed by atoms with E-state index in [1.807, 2.05) is 31.0 Å². The Morgan fingerprint density at radius 1 is 1.52 bits per heavy atom. The van der Waals surface area contributed by atoms with Crippen LogP contribution in [0.3, 0.4) is 0 Å². The molecule has 0 radical (unpaired) electrons. The molecule has 1 aromatic carbocycles. The van der Waals surface area contributed by atoms with Crippen molar-refractivity contribution in [2.45, 2.75) is 26.3 Å². The van der Waals surface area contributed by atoms with E-state index in [1.54, 1.807) is 0 Å². The normalized spacial score (nSPS) is 16.6. The van der Waals surface area contributed by atoms with Crippen molar-refractivity contribution in [2.24, 2.45) is 0 Å². The Balaban J connectivity index is 2.30. The highest BCUT2D eigenvalue weighted by atomic mass is 35.5. The second-order valence-corrected chi connectivity index (χ2v) is 5.99. The molecule has 2 N–H and O–H groups in total. The molecule has 21 heavy (non-hydrogen) atoms. The number of anilines is 2. The molecular formula is C16H22ClN3O. The number of hydrogen-bond donors (Lipinski definition) is 2. The van der Waals surface area contributed by atoms with Crippen LogP contribution in [0.2, 0.25) is 5.02 Å². The van der Waals surface area contributed by atoms with E-state index in [0.717, 1.165) is 42.0 Å². The van der Waals surface area contributed by atoms with Gasteiger partial charge >= 0.3 is 0 Å². The van der Waals surface area contributed by atoms with E-state index in [4.69, 9.17) is 11.6 Å². The molecule has 1 aromatic rings. The maximum Gasteiger partial charge on any atom is 0.246 e. The van der Waals surface area contributed by atoms with Crippen LogP contribution in [0.4, 0.5) is 11.4 Å². The monoisotopic (exact) mass is 307 g/mol. The van der Waals surface area contributed by atoms with Gasteiger partial charge in [-0.2, -0.15) is 0 Å². The molecule has 1 aliphatic rings. The van der Waals surface area contributed by atoms with Gasteiger partial charge in [-0.1, -0.05) is 30.7 Å². The summed E-state index contributed by atoms with van der Waals surface area (Å²) in [4.78, 5) is 14.1. The van der Waals surface area contributed by atoms with E-state index in [0.29, 0.717) is 5.02 Å². The summed E-state index contributed by atoms with van der Waals surface area (Å²) in [6.07, 6.45) is 0.978. The molecule has 5 heteroatoms. The van der Waals surface area contributed by atoms with E-state index in [2.05, 4.69) is 24.1 Å². The first-order valence-electron chi connectivity index (χ1n) is 7.17. The van der Waals surface area contributed by atoms with E-state index in [1.165, 1.54) is 0 Å². The third-order valence-corrected chi connectivity index (χ3v) is 3.77. The van der Waals surface area contributed by atoms with E-state index in [9.17, 15) is 4.79 Å². The zero-order valence-electron chi connectivity index (χ0n) is 12.8. The molecule has 1 amide bonds. The summed E-state index contributed by atoms with van der Waals surface area (Å²) in [7, 11) is 1.96. The number of carbonyl (C=O) groups excluding carboxylic acids is 1. The first-order chi connectivity index (χ1) is 9.93. The molecule has 114 valence electrons. The van der Waals surface area contributed by atoms with Gasteiger partial charge in [-0.15, -0.1) is 0 Å². The van der Waals surface area contributed by atoms with Gasteiger partial charge in [0.2, 0.25) is 5.91 Å². The number of carbonyl (C=O) groups is 1. The Labute approximate surface area is 131 Å². The number of fused-ring (bicyclic) bond motifs is 1. The second kappa shape index (κ2) is 6.50. The van der Waals surface area contributed by atoms with Gasteiger partial charge in [-0.25, -0.2) is 0 Å². The maximum atomic E-state index is 12.1. The molecule has 1 heterocycles. The van der Waals surface area contributed by atoms with Crippen molar-refractivity contribution in [2.75, 3.05) is 30.4 Å². The molecule has 0 aliphatic carbocycles. The molecule has 1 aliphatic heterocycles. The standard InChI is InChI=1S/C16H22ClN3O/c1-5-6-18-15-11-7-12(17)14(20(4)9-10(2)3)8-13(11)19-16(15)21/h7-8,15,18H,2,5-6,9H2,1,3-4H3,(H,19,21). The molecule has 0 saturated carbocycles. The van der Waals surface area contributed by atoms with Gasteiger partial charge in [0.15, 0.2) is 0 Å². The smallest absolute Gasteiger partial charge is 0.246 e. The fraction of sp³-hybridized carbons (Fsp3) is 0.438. The van der Waals surface area contributed by atoms with Crippen LogP contribution in [0, 0.1) is 0 Å². The summed E-state index contributed by atoms with van der Waals surface area (Å²) >= 11 is 6.40. The quantitative estimate of drug-likeness (QED) is 0.792. The number of nitrogens with one attached hydrogen (secondary N) is 2. The SMILES string of the molecule is C=C(C)CN(C)c1cc2c(cc1Cl)C(NCCC)C(=O)N2. The van der Waals surface area contributed by atoms with Gasteiger partial charge < -0.3 is 15.5 Å². The number of halogens is 1. The fourth-order valence-electron chi connectivity index (χ4n) is 2.54. The van der Waals surface area contributed by atoms with Crippen molar-refractivity contribution < 1.29 is 4.79 Å². The summed E-state index contributed by atoms with van der Waals surface area (Å²) in [5.74, 6) is -0.0192. The third-order valence-electron chi connectivity index (χ3n) is 3.47. The first-order valence-corrected chi connectivity index (χ1v) is 7.55. The van der Waals surface area contributed by atoms with Crippen LogP contribution in [-0.4, -0.2) is 26.0 Å². The van der Waals surface area contributed by atoms with Crippen molar-refractivity contribution >= 4 is 28.9 Å². The molecule has 0 aromatic heterocycles. The topological polar surface area (TPSA) is 44.4 Å². The van der Waals surface area contributed by atoms with Crippen LogP contribution in [-0.2, 0) is 4.79 Å². The van der Waals surface area contributed by atoms with Crippen molar-refractivity contribution in [1.82, 2.24) is 5.32 Å². The lowest BCUT2D eigenvalue weighted by Crippen LogP contribution is -2.28. The highest BCUT2D eigenvalue weighted by Crippen LogP contribution is 2.38. The van der Waals surface area contributed by atoms with E-state index < -0.39 is 0 Å². The molecule has 0 saturated heterocycles. The Morgan fingerprint density at radius 2 is 2.24 bits per heavy atom. The molecule has 0 spiro atoms. The zero-order chi connectivity index (χ0) is 15.6. The largest absolute Gasteiger partial charge is 0.369 e. The van der Waals surface area contributed by atoms with Gasteiger partial charge in [0.1, 0.15) is 6.04 Å². The van der Waals surface area contributed by atoms with Gasteiger partial charge in [-0.3, -0.25) is 4.79 Å². The number of hydrogen-bond acceptors (Lipinski definition) is 3. The lowest BCUT2D eigenvalue weighted by molar-refractivity contribution is -0.117. The van der Waals surface area contributed by atoms with Gasteiger partial charge in [0.05, 0.1) is 10.7 Å². The fourth-order valence-corrected chi connectivity index (χ4v) is 2.86. The summed E-state index contributed by atoms with van der Waals surface area (Å²) in [5, 5.41) is 6.82. The summed E-state index contributed by atoms with van der Waals surface area (Å²) in [6.45, 7) is 9.49. The zero-order valence-corrected chi connectivity index (χ0v) is 13.5. The number of benzene rings is 1. The summed E-state index contributed by atoms with van der Waals surface area (Å²) < 4.78 is 0. The predicted octanol–water partition coefficient (Wildman–Crippen LogP) is 3.35. The van der Waals surface area contributed by atoms with Gasteiger partial charge in [-0.05, 0) is 32.0 Å². The minimum Gasteiger partial charge on any atom is -0.369 e. The van der Waals surface area contributed by atoms with Crippen LogP contribution in [0.5, 0.6) is 0 Å². The Bertz CT molecular complexity index is 571.